The van der Waals surface area contributed by atoms with E-state index in [4.69, 9.17) is 16.3 Å². The maximum absolute atomic E-state index is 13.6. The van der Waals surface area contributed by atoms with E-state index < -0.39 is 0 Å². The van der Waals surface area contributed by atoms with E-state index in [1.807, 2.05) is 0 Å². The number of ether oxygens (including phenoxy) is 1. The van der Waals surface area contributed by atoms with Crippen LogP contribution in [0.25, 0.3) is 0 Å². The van der Waals surface area contributed by atoms with Crippen LogP contribution in [0.5, 0.6) is 0 Å². The molecule has 2 aliphatic rings. The topological polar surface area (TPSA) is 50.4 Å². The molecule has 0 spiro atoms. The van der Waals surface area contributed by atoms with E-state index in [-0.39, 0.29) is 17.9 Å². The summed E-state index contributed by atoms with van der Waals surface area (Å²) < 4.78 is 19.2. The van der Waals surface area contributed by atoms with Gasteiger partial charge in [-0.2, -0.15) is 0 Å². The maximum atomic E-state index is 13.6. The third-order valence-electron chi connectivity index (χ3n) is 4.53. The first kappa shape index (κ1) is 15.6. The highest BCUT2D eigenvalue weighted by atomic mass is 35.5. The number of carbonyl (C=O) groups excluding carboxylic acids is 1. The van der Waals surface area contributed by atoms with E-state index in [1.54, 1.807) is 12.1 Å². The number of benzene rings is 1. The summed E-state index contributed by atoms with van der Waals surface area (Å²) in [5, 5.41) is 6.13. The zero-order valence-corrected chi connectivity index (χ0v) is 13.0. The molecule has 0 aromatic heterocycles. The summed E-state index contributed by atoms with van der Waals surface area (Å²) in [4.78, 5) is 11.9. The van der Waals surface area contributed by atoms with Crippen molar-refractivity contribution in [3.05, 3.63) is 34.6 Å². The number of hydrogen-bond donors (Lipinski definition) is 2. The lowest BCUT2D eigenvalue weighted by Crippen LogP contribution is -2.59. The van der Waals surface area contributed by atoms with Crippen molar-refractivity contribution in [1.82, 2.24) is 10.6 Å². The second-order valence-electron chi connectivity index (χ2n) is 5.91. The SMILES string of the molecule is O=C(NCCc1c(F)cccc1Cl)N[C@@H]1C[C@@H]2OCCC[C@@H]21. The molecule has 4 nitrogen and oxygen atoms in total. The van der Waals surface area contributed by atoms with Crippen molar-refractivity contribution in [2.24, 2.45) is 5.92 Å². The van der Waals surface area contributed by atoms with Gasteiger partial charge < -0.3 is 15.4 Å². The van der Waals surface area contributed by atoms with Crippen LogP contribution in [0.1, 0.15) is 24.8 Å². The molecule has 0 bridgehead atoms. The minimum Gasteiger partial charge on any atom is -0.378 e. The lowest BCUT2D eigenvalue weighted by molar-refractivity contribution is -0.0999. The second-order valence-corrected chi connectivity index (χ2v) is 6.32. The summed E-state index contributed by atoms with van der Waals surface area (Å²) >= 11 is 5.95. The van der Waals surface area contributed by atoms with Crippen molar-refractivity contribution in [1.29, 1.82) is 0 Å². The monoisotopic (exact) mass is 326 g/mol. The lowest BCUT2D eigenvalue weighted by atomic mass is 9.72. The fraction of sp³-hybridized carbons (Fsp3) is 0.562. The van der Waals surface area contributed by atoms with E-state index in [9.17, 15) is 9.18 Å². The van der Waals surface area contributed by atoms with Crippen LogP contribution in [0, 0.1) is 11.7 Å². The molecule has 1 aromatic carbocycles. The quantitative estimate of drug-likeness (QED) is 0.894. The predicted octanol–water partition coefficient (Wildman–Crippen LogP) is 2.89. The summed E-state index contributed by atoms with van der Waals surface area (Å²) in [7, 11) is 0. The van der Waals surface area contributed by atoms with Gasteiger partial charge in [0.2, 0.25) is 0 Å². The summed E-state index contributed by atoms with van der Waals surface area (Å²) in [6.07, 6.45) is 3.75. The molecule has 3 rings (SSSR count). The number of nitrogens with one attached hydrogen (secondary N) is 2. The molecule has 2 amide bonds. The van der Waals surface area contributed by atoms with Crippen LogP contribution in [0.3, 0.4) is 0 Å². The van der Waals surface area contributed by atoms with Gasteiger partial charge >= 0.3 is 6.03 Å². The van der Waals surface area contributed by atoms with Crippen LogP contribution < -0.4 is 10.6 Å². The van der Waals surface area contributed by atoms with E-state index in [0.717, 1.165) is 25.9 Å². The predicted molar refractivity (Wildman–Crippen MR) is 82.5 cm³/mol. The van der Waals surface area contributed by atoms with Crippen LogP contribution in [0.4, 0.5) is 9.18 Å². The molecule has 1 saturated heterocycles. The van der Waals surface area contributed by atoms with Gasteiger partial charge in [-0.05, 0) is 37.8 Å². The molecule has 120 valence electrons. The average Bonchev–Trinajstić information content (AvgIpc) is 2.48. The molecule has 1 aliphatic heterocycles. The van der Waals surface area contributed by atoms with E-state index >= 15 is 0 Å². The molecule has 6 heteroatoms. The van der Waals surface area contributed by atoms with Crippen LogP contribution in [-0.2, 0) is 11.2 Å². The largest absolute Gasteiger partial charge is 0.378 e. The molecule has 1 heterocycles. The highest BCUT2D eigenvalue weighted by Crippen LogP contribution is 2.37. The number of amides is 2. The van der Waals surface area contributed by atoms with E-state index in [0.29, 0.717) is 35.6 Å². The Balaban J connectivity index is 1.41. The first-order valence-electron chi connectivity index (χ1n) is 7.74. The Bertz CT molecular complexity index is 535. The third kappa shape index (κ3) is 3.36. The maximum Gasteiger partial charge on any atom is 0.315 e. The van der Waals surface area contributed by atoms with Gasteiger partial charge in [0, 0.05) is 35.7 Å². The molecule has 2 fully saturated rings. The molecule has 1 aromatic rings. The van der Waals surface area contributed by atoms with Crippen LogP contribution in [-0.4, -0.2) is 31.3 Å². The minimum atomic E-state index is -0.337. The normalized spacial score (nSPS) is 26.7. The van der Waals surface area contributed by atoms with Gasteiger partial charge in [-0.15, -0.1) is 0 Å². The summed E-state index contributed by atoms with van der Waals surface area (Å²) in [5.74, 6) is 0.108. The molecule has 0 unspecified atom stereocenters. The van der Waals surface area contributed by atoms with Crippen molar-refractivity contribution in [3.8, 4) is 0 Å². The van der Waals surface area contributed by atoms with Crippen molar-refractivity contribution < 1.29 is 13.9 Å². The number of rotatable bonds is 4. The summed E-state index contributed by atoms with van der Waals surface area (Å²) in [5.41, 5.74) is 0.439. The highest BCUT2D eigenvalue weighted by Gasteiger charge is 2.43. The molecule has 2 N–H and O–H groups in total. The standard InChI is InChI=1S/C16H20ClFN2O2/c17-12-4-1-5-13(18)10(12)6-7-19-16(21)20-14-9-15-11(14)3-2-8-22-15/h1,4-5,11,14-15H,2-3,6-9H2,(H2,19,20,21)/t11-,14-,15+/m1/s1. The van der Waals surface area contributed by atoms with Crippen LogP contribution in [0.2, 0.25) is 5.02 Å². The first-order valence-corrected chi connectivity index (χ1v) is 8.12. The van der Waals surface area contributed by atoms with Gasteiger partial charge in [0.15, 0.2) is 0 Å². The highest BCUT2D eigenvalue weighted by molar-refractivity contribution is 6.31. The van der Waals surface area contributed by atoms with E-state index in [1.165, 1.54) is 6.07 Å². The van der Waals surface area contributed by atoms with Gasteiger partial charge in [0.05, 0.1) is 6.10 Å². The van der Waals surface area contributed by atoms with Gasteiger partial charge in [-0.25, -0.2) is 9.18 Å². The van der Waals surface area contributed by atoms with Crippen molar-refractivity contribution in [2.45, 2.75) is 37.8 Å². The smallest absolute Gasteiger partial charge is 0.315 e. The third-order valence-corrected chi connectivity index (χ3v) is 4.89. The molecular formula is C16H20ClFN2O2. The Morgan fingerprint density at radius 2 is 2.32 bits per heavy atom. The molecule has 3 atom stereocenters. The molecule has 0 radical (unpaired) electrons. The number of carbonyl (C=O) groups is 1. The Morgan fingerprint density at radius 3 is 3.09 bits per heavy atom. The minimum absolute atomic E-state index is 0.197. The summed E-state index contributed by atoms with van der Waals surface area (Å²) in [6.45, 7) is 1.19. The van der Waals surface area contributed by atoms with Crippen molar-refractivity contribution in [3.63, 3.8) is 0 Å². The summed E-state index contributed by atoms with van der Waals surface area (Å²) in [6, 6.07) is 4.58. The van der Waals surface area contributed by atoms with Crippen molar-refractivity contribution >= 4 is 17.6 Å². The van der Waals surface area contributed by atoms with E-state index in [2.05, 4.69) is 10.6 Å². The lowest BCUT2D eigenvalue weighted by Gasteiger charge is -2.47. The van der Waals surface area contributed by atoms with Gasteiger partial charge in [0.1, 0.15) is 5.82 Å². The fourth-order valence-corrected chi connectivity index (χ4v) is 3.51. The Kier molecular flexibility index (Phi) is 4.84. The van der Waals surface area contributed by atoms with Gasteiger partial charge in [-0.3, -0.25) is 0 Å². The van der Waals surface area contributed by atoms with Crippen LogP contribution >= 0.6 is 11.6 Å². The number of urea groups is 1. The zero-order chi connectivity index (χ0) is 15.5. The number of halogens is 2. The Labute approximate surface area is 134 Å². The van der Waals surface area contributed by atoms with Gasteiger partial charge in [0.25, 0.3) is 0 Å². The Hall–Kier alpha value is -1.33. The van der Waals surface area contributed by atoms with Crippen molar-refractivity contribution in [2.75, 3.05) is 13.2 Å². The van der Waals surface area contributed by atoms with Crippen LogP contribution in [0.15, 0.2) is 18.2 Å². The second kappa shape index (κ2) is 6.84. The average molecular weight is 327 g/mol. The zero-order valence-electron chi connectivity index (χ0n) is 12.3. The first-order chi connectivity index (χ1) is 10.6. The van der Waals surface area contributed by atoms with Gasteiger partial charge in [-0.1, -0.05) is 17.7 Å². The number of hydrogen-bond acceptors (Lipinski definition) is 2. The Morgan fingerprint density at radius 1 is 1.45 bits per heavy atom. The molecule has 22 heavy (non-hydrogen) atoms. The fourth-order valence-electron chi connectivity index (χ4n) is 3.25. The molecule has 1 saturated carbocycles. The number of fused-ring (bicyclic) bond motifs is 1. The molecule has 1 aliphatic carbocycles. The molecular weight excluding hydrogens is 307 g/mol.